The molecule has 318 valence electrons. The van der Waals surface area contributed by atoms with Gasteiger partial charge in [-0.1, -0.05) is 23.7 Å². The Kier molecular flexibility index (Phi) is 10.6. The number of halogens is 3. The Bertz CT molecular complexity index is 2540. The zero-order chi connectivity index (χ0) is 42.7. The van der Waals surface area contributed by atoms with Gasteiger partial charge in [0.25, 0.3) is 5.92 Å². The number of rotatable bonds is 10. The maximum absolute atomic E-state index is 16.0. The fourth-order valence-electron chi connectivity index (χ4n) is 9.19. The molecule has 5 aromatic rings. The van der Waals surface area contributed by atoms with Crippen LogP contribution in [0.2, 0.25) is 5.02 Å². The number of hydrogen-bond acceptors (Lipinski definition) is 10. The zero-order valence-electron chi connectivity index (χ0n) is 34.1. The van der Waals surface area contributed by atoms with Gasteiger partial charge < -0.3 is 19.4 Å². The summed E-state index contributed by atoms with van der Waals surface area (Å²) in [6.45, 7) is 4.03. The van der Waals surface area contributed by atoms with Gasteiger partial charge in [-0.05, 0) is 60.5 Å². The minimum absolute atomic E-state index is 0.155. The van der Waals surface area contributed by atoms with E-state index in [2.05, 4.69) is 20.5 Å². The minimum Gasteiger partial charge on any atom is -0.378 e. The number of imide groups is 1. The molecule has 4 aromatic heterocycles. The average Bonchev–Trinajstić information content (AvgIpc) is 3.84. The molecule has 61 heavy (non-hydrogen) atoms. The minimum atomic E-state index is -2.90. The van der Waals surface area contributed by atoms with E-state index in [1.165, 1.54) is 11.8 Å². The maximum Gasteiger partial charge on any atom is 0.328 e. The van der Waals surface area contributed by atoms with Gasteiger partial charge in [-0.3, -0.25) is 34.6 Å². The van der Waals surface area contributed by atoms with Gasteiger partial charge in [0.1, 0.15) is 11.4 Å². The first-order chi connectivity index (χ1) is 29.2. The number of nitrogens with one attached hydrogen (secondary N) is 2. The third kappa shape index (κ3) is 7.75. The van der Waals surface area contributed by atoms with Crippen molar-refractivity contribution in [3.63, 3.8) is 0 Å². The average molecular weight is 854 g/mol. The second-order valence-corrected chi connectivity index (χ2v) is 17.1. The lowest BCUT2D eigenvalue weighted by molar-refractivity contribution is -0.227. The number of nitrogens with zero attached hydrogens (tertiary/aromatic N) is 7. The standard InChI is InChI=1S/C44H46ClF2N9O5/c1-27(57)50-39-17-31-32(22-53(2)37(31)19-49-39)35-15-30(16-38(51-35)43(60-3)10-13-61-26-43)34-7-5-29(18-48-34)21-55-23-42(24-55)9-12-54(25-44(42,46)47)20-28-4-6-33(45)36(14-28)56-11-8-40(58)52-41(56)59/h4-7,14-19,22H,8-13,20-21,23-26H2,1-3H3,(H,49,50,57)(H,52,58,59)/t43-/m0/s1. The largest absolute Gasteiger partial charge is 0.378 e. The van der Waals surface area contributed by atoms with E-state index in [-0.39, 0.29) is 51.0 Å². The van der Waals surface area contributed by atoms with E-state index in [1.54, 1.807) is 42.6 Å². The second-order valence-electron chi connectivity index (χ2n) is 16.7. The molecular weight excluding hydrogens is 808 g/mol. The van der Waals surface area contributed by atoms with Crippen LogP contribution < -0.4 is 15.5 Å². The number of carbonyl (C=O) groups excluding carboxylic acids is 3. The molecule has 14 nitrogen and oxygen atoms in total. The molecular formula is C44H46ClF2N9O5. The fraction of sp³-hybridized carbons (Fsp3) is 0.409. The van der Waals surface area contributed by atoms with E-state index < -0.39 is 23.0 Å². The topological polar surface area (TPSA) is 147 Å². The van der Waals surface area contributed by atoms with Gasteiger partial charge in [0.05, 0.1) is 58.1 Å². The summed E-state index contributed by atoms with van der Waals surface area (Å²) in [4.78, 5) is 55.6. The van der Waals surface area contributed by atoms with E-state index in [1.807, 2.05) is 48.1 Å². The van der Waals surface area contributed by atoms with Crippen molar-refractivity contribution in [1.29, 1.82) is 0 Å². The fourth-order valence-corrected chi connectivity index (χ4v) is 9.40. The highest BCUT2D eigenvalue weighted by atomic mass is 35.5. The number of benzene rings is 1. The van der Waals surface area contributed by atoms with Gasteiger partial charge in [-0.15, -0.1) is 0 Å². The normalized spacial score (nSPS) is 21.5. The third-order valence-corrected chi connectivity index (χ3v) is 12.9. The molecule has 2 N–H and O–H groups in total. The SMILES string of the molecule is CO[C@@]1(c2cc(-c3ccc(CN4CC5(CCN(Cc6ccc(Cl)c(N7CCC(=O)NC7=O)c6)CC5(F)F)C4)cn3)cc(-c3cn(C)c4cnc(NC(C)=O)cc34)n2)CCOC1. The van der Waals surface area contributed by atoms with E-state index in [9.17, 15) is 14.4 Å². The summed E-state index contributed by atoms with van der Waals surface area (Å²) in [5, 5.41) is 6.30. The predicted molar refractivity (Wildman–Crippen MR) is 225 cm³/mol. The molecule has 4 aliphatic rings. The molecule has 1 atom stereocenters. The van der Waals surface area contributed by atoms with Crippen LogP contribution in [0.1, 0.15) is 43.0 Å². The van der Waals surface area contributed by atoms with Crippen molar-refractivity contribution in [2.45, 2.75) is 50.8 Å². The smallest absolute Gasteiger partial charge is 0.328 e. The summed E-state index contributed by atoms with van der Waals surface area (Å²) in [5.74, 6) is -3.02. The van der Waals surface area contributed by atoms with Gasteiger partial charge in [0, 0.05) is 102 Å². The Morgan fingerprint density at radius 3 is 2.48 bits per heavy atom. The number of piperidine rings is 1. The summed E-state index contributed by atoms with van der Waals surface area (Å²) in [7, 11) is 3.60. The third-order valence-electron chi connectivity index (χ3n) is 12.6. The molecule has 0 aliphatic carbocycles. The first kappa shape index (κ1) is 41.0. The molecule has 4 amide bonds. The van der Waals surface area contributed by atoms with Gasteiger partial charge in [-0.25, -0.2) is 23.5 Å². The quantitative estimate of drug-likeness (QED) is 0.163. The number of aromatic nitrogens is 4. The number of pyridine rings is 3. The summed E-state index contributed by atoms with van der Waals surface area (Å²) in [5.41, 5.74) is 5.00. The van der Waals surface area contributed by atoms with Gasteiger partial charge in [-0.2, -0.15) is 0 Å². The molecule has 9 rings (SSSR count). The van der Waals surface area contributed by atoms with E-state index in [0.717, 1.165) is 44.5 Å². The van der Waals surface area contributed by atoms with Crippen LogP contribution in [0.4, 0.5) is 25.1 Å². The molecule has 17 heteroatoms. The van der Waals surface area contributed by atoms with Crippen LogP contribution in [0, 0.1) is 5.41 Å². The lowest BCUT2D eigenvalue weighted by atomic mass is 9.69. The van der Waals surface area contributed by atoms with Gasteiger partial charge in [0.15, 0.2) is 0 Å². The maximum atomic E-state index is 16.0. The van der Waals surface area contributed by atoms with Crippen LogP contribution in [-0.2, 0) is 44.8 Å². The Hall–Kier alpha value is -5.39. The van der Waals surface area contributed by atoms with Crippen molar-refractivity contribution in [1.82, 2.24) is 34.6 Å². The number of methoxy groups -OCH3 is 1. The molecule has 8 heterocycles. The highest BCUT2D eigenvalue weighted by Crippen LogP contribution is 2.51. The van der Waals surface area contributed by atoms with Crippen LogP contribution >= 0.6 is 11.6 Å². The Morgan fingerprint density at radius 1 is 0.967 bits per heavy atom. The molecule has 4 fully saturated rings. The van der Waals surface area contributed by atoms with Gasteiger partial charge >= 0.3 is 6.03 Å². The number of aryl methyl sites for hydroxylation is 1. The highest BCUT2D eigenvalue weighted by molar-refractivity contribution is 6.34. The van der Waals surface area contributed by atoms with E-state index in [4.69, 9.17) is 31.0 Å². The number of hydrogen-bond donors (Lipinski definition) is 2. The lowest BCUT2D eigenvalue weighted by Crippen LogP contribution is -2.69. The van der Waals surface area contributed by atoms with Crippen LogP contribution in [0.3, 0.4) is 0 Å². The Labute approximate surface area is 356 Å². The molecule has 4 aliphatic heterocycles. The van der Waals surface area contributed by atoms with Gasteiger partial charge in [0.2, 0.25) is 11.8 Å². The summed E-state index contributed by atoms with van der Waals surface area (Å²) < 4.78 is 45.9. The number of fused-ring (bicyclic) bond motifs is 1. The molecule has 4 saturated heterocycles. The van der Waals surface area contributed by atoms with Crippen molar-refractivity contribution in [3.8, 4) is 22.5 Å². The van der Waals surface area contributed by atoms with E-state index in [0.29, 0.717) is 61.4 Å². The molecule has 0 bridgehead atoms. The Balaban J connectivity index is 0.890. The molecule has 1 spiro atoms. The number of amides is 4. The number of alkyl halides is 2. The predicted octanol–water partition coefficient (Wildman–Crippen LogP) is 6.36. The first-order valence-corrected chi connectivity index (χ1v) is 20.7. The van der Waals surface area contributed by atoms with Crippen molar-refractivity contribution >= 4 is 51.9 Å². The molecule has 1 aromatic carbocycles. The van der Waals surface area contributed by atoms with E-state index >= 15 is 8.78 Å². The second kappa shape index (κ2) is 15.8. The molecule has 0 saturated carbocycles. The highest BCUT2D eigenvalue weighted by Gasteiger charge is 2.62. The Morgan fingerprint density at radius 2 is 1.77 bits per heavy atom. The zero-order valence-corrected chi connectivity index (χ0v) is 34.9. The van der Waals surface area contributed by atoms with Crippen LogP contribution in [0.15, 0.2) is 67.1 Å². The van der Waals surface area contributed by atoms with Crippen LogP contribution in [-0.4, -0.2) is 106 Å². The van der Waals surface area contributed by atoms with Crippen LogP contribution in [0.5, 0.6) is 0 Å². The number of anilines is 2. The molecule has 0 radical (unpaired) electrons. The molecule has 0 unspecified atom stereocenters. The lowest BCUT2D eigenvalue weighted by Gasteiger charge is -2.57. The summed E-state index contributed by atoms with van der Waals surface area (Å²) in [6.07, 6.45) is 6.68. The first-order valence-electron chi connectivity index (χ1n) is 20.3. The van der Waals surface area contributed by atoms with Crippen molar-refractivity contribution < 1.29 is 32.6 Å². The summed E-state index contributed by atoms with van der Waals surface area (Å²) >= 11 is 6.42. The number of ether oxygens (including phenoxy) is 2. The number of carbonyl (C=O) groups is 3. The van der Waals surface area contributed by atoms with Crippen molar-refractivity contribution in [2.24, 2.45) is 12.5 Å². The number of likely N-dealkylation sites (tertiary alicyclic amines) is 2. The summed E-state index contributed by atoms with van der Waals surface area (Å²) in [6, 6.07) is 14.4. The monoisotopic (exact) mass is 853 g/mol. The number of urea groups is 1. The van der Waals surface area contributed by atoms with Crippen molar-refractivity contribution in [3.05, 3.63) is 89.0 Å². The van der Waals surface area contributed by atoms with Crippen LogP contribution in [0.25, 0.3) is 33.4 Å². The van der Waals surface area contributed by atoms with Crippen molar-refractivity contribution in [2.75, 3.05) is 63.3 Å².